The van der Waals surface area contributed by atoms with E-state index in [0.29, 0.717) is 30.8 Å². The average molecular weight is 383 g/mol. The zero-order valence-corrected chi connectivity index (χ0v) is 16.6. The molecule has 3 N–H and O–H groups in total. The van der Waals surface area contributed by atoms with Gasteiger partial charge in [-0.1, -0.05) is 12.5 Å². The summed E-state index contributed by atoms with van der Waals surface area (Å²) < 4.78 is 0. The van der Waals surface area contributed by atoms with Gasteiger partial charge in [-0.2, -0.15) is 0 Å². The summed E-state index contributed by atoms with van der Waals surface area (Å²) in [4.78, 5) is 27.1. The second-order valence-corrected chi connectivity index (χ2v) is 9.57. The molecule has 5 nitrogen and oxygen atoms in total. The van der Waals surface area contributed by atoms with Crippen LogP contribution in [0.25, 0.3) is 0 Å². The average Bonchev–Trinajstić information content (AvgIpc) is 2.59. The van der Waals surface area contributed by atoms with Gasteiger partial charge in [-0.3, -0.25) is 14.5 Å². The molecule has 1 aromatic carbocycles. The molecule has 4 aliphatic rings. The third kappa shape index (κ3) is 2.41. The number of fused-ring (bicyclic) bond motifs is 1. The number of amides is 1. The van der Waals surface area contributed by atoms with Crippen LogP contribution in [0.15, 0.2) is 12.1 Å². The number of carbonyl (C=O) groups excluding carboxylic acids is 2. The second-order valence-electron chi connectivity index (χ2n) is 9.57. The zero-order chi connectivity index (χ0) is 19.6. The van der Waals surface area contributed by atoms with Crippen LogP contribution in [0.5, 0.6) is 5.75 Å². The van der Waals surface area contributed by atoms with Gasteiger partial charge >= 0.3 is 0 Å². The van der Waals surface area contributed by atoms with Crippen LogP contribution in [0.3, 0.4) is 0 Å². The molecule has 5 heteroatoms. The highest BCUT2D eigenvalue weighted by Gasteiger charge is 2.57. The number of likely N-dealkylation sites (tertiary alicyclic amines) is 1. The molecule has 28 heavy (non-hydrogen) atoms. The molecule has 0 radical (unpaired) electrons. The minimum absolute atomic E-state index is 0.0311. The van der Waals surface area contributed by atoms with Gasteiger partial charge in [-0.05, 0) is 69.0 Å². The van der Waals surface area contributed by atoms with Crippen molar-refractivity contribution in [3.8, 4) is 5.75 Å². The van der Waals surface area contributed by atoms with Crippen molar-refractivity contribution in [2.45, 2.75) is 75.8 Å². The lowest BCUT2D eigenvalue weighted by molar-refractivity contribution is -0.128. The van der Waals surface area contributed by atoms with E-state index < -0.39 is 5.91 Å². The number of rotatable bonds is 3. The van der Waals surface area contributed by atoms with Crippen molar-refractivity contribution in [1.82, 2.24) is 4.90 Å². The van der Waals surface area contributed by atoms with Gasteiger partial charge in [-0.25, -0.2) is 0 Å². The van der Waals surface area contributed by atoms with E-state index in [1.54, 1.807) is 6.07 Å². The van der Waals surface area contributed by atoms with Crippen molar-refractivity contribution in [2.75, 3.05) is 6.54 Å². The van der Waals surface area contributed by atoms with E-state index >= 15 is 0 Å². The van der Waals surface area contributed by atoms with Crippen molar-refractivity contribution >= 4 is 11.7 Å². The summed E-state index contributed by atoms with van der Waals surface area (Å²) in [7, 11) is 0. The Morgan fingerprint density at radius 3 is 2.79 bits per heavy atom. The Hall–Kier alpha value is -1.88. The number of aromatic hydroxyl groups is 1. The molecule has 5 rings (SSSR count). The topological polar surface area (TPSA) is 83.6 Å². The fourth-order valence-electron chi connectivity index (χ4n) is 6.86. The fourth-order valence-corrected chi connectivity index (χ4v) is 6.86. The lowest BCUT2D eigenvalue weighted by Crippen LogP contribution is -2.64. The van der Waals surface area contributed by atoms with Crippen molar-refractivity contribution in [2.24, 2.45) is 17.6 Å². The Labute approximate surface area is 166 Å². The predicted molar refractivity (Wildman–Crippen MR) is 106 cm³/mol. The standard InChI is InChI=1S/C23H30N2O3/c1-13(14-3-2-4-14)25-10-9-23-12-16(26)6-8-18(23)19(25)11-15-5-7-17(22(24)28)21(27)20(15)23/h5,7,13-14,18-19,27H,2-4,6,8-12H2,1H3,(H2,24,28)/t13-,18-,19+,23-/m0/s1. The van der Waals surface area contributed by atoms with Crippen LogP contribution >= 0.6 is 0 Å². The third-order valence-electron chi connectivity index (χ3n) is 8.47. The lowest BCUT2D eigenvalue weighted by atomic mass is 9.51. The first-order valence-electron chi connectivity index (χ1n) is 10.8. The first-order chi connectivity index (χ1) is 13.4. The summed E-state index contributed by atoms with van der Waals surface area (Å²) in [5, 5.41) is 11.0. The van der Waals surface area contributed by atoms with E-state index in [0.717, 1.165) is 42.9 Å². The van der Waals surface area contributed by atoms with E-state index in [4.69, 9.17) is 5.73 Å². The first-order valence-corrected chi connectivity index (χ1v) is 10.8. The Bertz CT molecular complexity index is 846. The minimum Gasteiger partial charge on any atom is -0.507 e. The molecule has 0 aromatic heterocycles. The molecule has 150 valence electrons. The number of Topliss-reactive ketones (excluding diaryl/α,β-unsaturated/α-hetero) is 1. The van der Waals surface area contributed by atoms with Crippen LogP contribution in [-0.2, 0) is 16.6 Å². The van der Waals surface area contributed by atoms with E-state index in [1.165, 1.54) is 19.3 Å². The molecule has 2 saturated carbocycles. The molecular formula is C23H30N2O3. The number of primary amides is 1. The normalized spacial score (nSPS) is 33.5. The molecule has 1 saturated heterocycles. The van der Waals surface area contributed by atoms with Gasteiger partial charge in [0, 0.05) is 35.9 Å². The first kappa shape index (κ1) is 18.2. The van der Waals surface area contributed by atoms with Gasteiger partial charge in [0.25, 0.3) is 5.91 Å². The maximum absolute atomic E-state index is 12.5. The molecular weight excluding hydrogens is 352 g/mol. The van der Waals surface area contributed by atoms with Gasteiger partial charge in [-0.15, -0.1) is 0 Å². The molecule has 3 fully saturated rings. The van der Waals surface area contributed by atoms with Crippen LogP contribution in [0.1, 0.15) is 73.4 Å². The molecule has 2 bridgehead atoms. The maximum atomic E-state index is 12.5. The molecule has 1 aliphatic heterocycles. The van der Waals surface area contributed by atoms with E-state index in [1.807, 2.05) is 6.07 Å². The molecule has 1 heterocycles. The molecule has 1 amide bonds. The van der Waals surface area contributed by atoms with Gasteiger partial charge < -0.3 is 10.8 Å². The van der Waals surface area contributed by atoms with Crippen LogP contribution < -0.4 is 5.73 Å². The van der Waals surface area contributed by atoms with Crippen molar-refractivity contribution in [3.63, 3.8) is 0 Å². The highest BCUT2D eigenvalue weighted by molar-refractivity contribution is 5.96. The monoisotopic (exact) mass is 382 g/mol. The molecule has 1 aromatic rings. The molecule has 3 aliphatic carbocycles. The van der Waals surface area contributed by atoms with Crippen LogP contribution in [-0.4, -0.2) is 40.3 Å². The lowest BCUT2D eigenvalue weighted by Gasteiger charge is -2.60. The van der Waals surface area contributed by atoms with Gasteiger partial charge in [0.2, 0.25) is 0 Å². The van der Waals surface area contributed by atoms with Crippen LogP contribution in [0.2, 0.25) is 0 Å². The quantitative estimate of drug-likeness (QED) is 0.842. The number of hydrogen-bond acceptors (Lipinski definition) is 4. The zero-order valence-electron chi connectivity index (χ0n) is 16.6. The summed E-state index contributed by atoms with van der Waals surface area (Å²) in [6, 6.07) is 4.63. The Balaban J connectivity index is 1.62. The van der Waals surface area contributed by atoms with Crippen molar-refractivity contribution in [1.29, 1.82) is 0 Å². The number of phenols is 1. The van der Waals surface area contributed by atoms with E-state index in [9.17, 15) is 14.7 Å². The predicted octanol–water partition coefficient (Wildman–Crippen LogP) is 2.92. The summed E-state index contributed by atoms with van der Waals surface area (Å²) >= 11 is 0. The van der Waals surface area contributed by atoms with Gasteiger partial charge in [0.05, 0.1) is 5.56 Å². The summed E-state index contributed by atoms with van der Waals surface area (Å²) in [5.74, 6) is 0.872. The van der Waals surface area contributed by atoms with Gasteiger partial charge in [0.15, 0.2) is 0 Å². The number of ketones is 1. The Morgan fingerprint density at radius 2 is 2.11 bits per heavy atom. The highest BCUT2D eigenvalue weighted by atomic mass is 16.3. The number of benzene rings is 1. The Kier molecular flexibility index (Phi) is 4.10. The number of nitrogens with two attached hydrogens (primary N) is 1. The molecule has 0 spiro atoms. The summed E-state index contributed by atoms with van der Waals surface area (Å²) in [6.45, 7) is 3.35. The van der Waals surface area contributed by atoms with E-state index in [2.05, 4.69) is 11.8 Å². The molecule has 0 unspecified atom stereocenters. The van der Waals surface area contributed by atoms with Crippen LogP contribution in [0.4, 0.5) is 0 Å². The summed E-state index contributed by atoms with van der Waals surface area (Å²) in [5.41, 5.74) is 7.32. The third-order valence-corrected chi connectivity index (χ3v) is 8.47. The largest absolute Gasteiger partial charge is 0.507 e. The second kappa shape index (κ2) is 6.31. The summed E-state index contributed by atoms with van der Waals surface area (Å²) in [6.07, 6.45) is 7.79. The van der Waals surface area contributed by atoms with Crippen molar-refractivity contribution in [3.05, 3.63) is 28.8 Å². The minimum atomic E-state index is -0.603. The van der Waals surface area contributed by atoms with Gasteiger partial charge in [0.1, 0.15) is 11.5 Å². The SMILES string of the molecule is C[C@@H](C1CCC1)N1CC[C@]23CC(=O)CC[C@H]2[C@H]1Cc1ccc(C(N)=O)c(O)c13. The molecule has 4 atom stereocenters. The maximum Gasteiger partial charge on any atom is 0.252 e. The fraction of sp³-hybridized carbons (Fsp3) is 0.652. The highest BCUT2D eigenvalue weighted by Crippen LogP contribution is 2.58. The number of nitrogens with zero attached hydrogens (tertiary/aromatic N) is 1. The number of carbonyl (C=O) groups is 2. The number of hydrogen-bond donors (Lipinski definition) is 2. The van der Waals surface area contributed by atoms with Crippen LogP contribution in [0, 0.1) is 11.8 Å². The smallest absolute Gasteiger partial charge is 0.252 e. The van der Waals surface area contributed by atoms with E-state index in [-0.39, 0.29) is 22.5 Å². The number of piperidine rings is 1. The van der Waals surface area contributed by atoms with Crippen molar-refractivity contribution < 1.29 is 14.7 Å². The Morgan fingerprint density at radius 1 is 1.32 bits per heavy atom.